The lowest BCUT2D eigenvalue weighted by Crippen LogP contribution is -2.30. The van der Waals surface area contributed by atoms with Crippen LogP contribution in [0.3, 0.4) is 0 Å². The van der Waals surface area contributed by atoms with Crippen LogP contribution in [0.15, 0.2) is 23.1 Å². The van der Waals surface area contributed by atoms with Crippen LogP contribution in [0.25, 0.3) is 0 Å². The predicted octanol–water partition coefficient (Wildman–Crippen LogP) is 2.65. The molecule has 1 fully saturated rings. The number of benzene rings is 1. The fraction of sp³-hybridized carbons (Fsp3) is 0.500. The van der Waals surface area contributed by atoms with E-state index in [0.29, 0.717) is 24.0 Å². The topological polar surface area (TPSA) is 49.4 Å². The second-order valence-corrected chi connectivity index (χ2v) is 7.40. The number of halogens is 3. The first kappa shape index (κ1) is 18.0. The molecule has 1 saturated heterocycles. The average molecular weight is 360 g/mol. The summed E-state index contributed by atoms with van der Waals surface area (Å²) in [5, 5.41) is 3.65. The van der Waals surface area contributed by atoms with E-state index in [1.54, 1.807) is 6.07 Å². The molecule has 4 nitrogen and oxygen atoms in total. The van der Waals surface area contributed by atoms with Gasteiger partial charge >= 0.3 is 0 Å². The Hall–Kier alpha value is -0.0400. The fourth-order valence-corrected chi connectivity index (χ4v) is 4.55. The number of hydrogen-bond donors (Lipinski definition) is 1. The summed E-state index contributed by atoms with van der Waals surface area (Å²) >= 11 is 11.8. The van der Waals surface area contributed by atoms with Crippen molar-refractivity contribution in [2.75, 3.05) is 26.7 Å². The van der Waals surface area contributed by atoms with Crippen LogP contribution in [0.4, 0.5) is 0 Å². The van der Waals surface area contributed by atoms with E-state index in [1.807, 2.05) is 7.05 Å². The van der Waals surface area contributed by atoms with Crippen molar-refractivity contribution < 1.29 is 8.42 Å². The van der Waals surface area contributed by atoms with Gasteiger partial charge in [-0.25, -0.2) is 8.42 Å². The molecule has 1 heterocycles. The van der Waals surface area contributed by atoms with Crippen LogP contribution in [0.2, 0.25) is 10.0 Å². The molecule has 2 rings (SSSR count). The molecule has 0 radical (unpaired) electrons. The smallest absolute Gasteiger partial charge is 0.244 e. The van der Waals surface area contributed by atoms with Crippen molar-refractivity contribution in [3.63, 3.8) is 0 Å². The summed E-state index contributed by atoms with van der Waals surface area (Å²) < 4.78 is 26.5. The highest BCUT2D eigenvalue weighted by Gasteiger charge is 2.33. The average Bonchev–Trinajstić information content (AvgIpc) is 2.82. The lowest BCUT2D eigenvalue weighted by molar-refractivity contribution is 0.451. The minimum absolute atomic E-state index is 0. The molecule has 0 aliphatic carbocycles. The Labute approximate surface area is 135 Å². The molecule has 114 valence electrons. The van der Waals surface area contributed by atoms with E-state index in [-0.39, 0.29) is 22.3 Å². The normalized spacial score (nSPS) is 19.9. The van der Waals surface area contributed by atoms with Gasteiger partial charge in [-0.05, 0) is 44.1 Å². The van der Waals surface area contributed by atoms with Crippen molar-refractivity contribution in [3.8, 4) is 0 Å². The van der Waals surface area contributed by atoms with Crippen molar-refractivity contribution in [3.05, 3.63) is 28.2 Å². The standard InChI is InChI=1S/C12H16Cl2N2O2S.ClH/c1-15-7-9-4-5-16(8-9)19(17,18)12-6-10(13)2-3-11(12)14;/h2-3,6,9,15H,4-5,7-8H2,1H3;1H. The van der Waals surface area contributed by atoms with Crippen LogP contribution in [0.5, 0.6) is 0 Å². The molecule has 1 aliphatic heterocycles. The number of hydrogen-bond acceptors (Lipinski definition) is 3. The molecule has 1 aromatic carbocycles. The molecule has 0 saturated carbocycles. The summed E-state index contributed by atoms with van der Waals surface area (Å²) in [5.74, 6) is 0.345. The second-order valence-electron chi connectivity index (χ2n) is 4.65. The SMILES string of the molecule is CNCC1CCN(S(=O)(=O)c2cc(Cl)ccc2Cl)C1.Cl. The molecule has 0 spiro atoms. The Balaban J connectivity index is 0.00000200. The molecule has 0 amide bonds. The highest BCUT2D eigenvalue weighted by molar-refractivity contribution is 7.89. The molecule has 8 heteroatoms. The van der Waals surface area contributed by atoms with Gasteiger partial charge in [0.1, 0.15) is 4.90 Å². The first-order valence-corrected chi connectivity index (χ1v) is 8.24. The second kappa shape index (κ2) is 7.29. The molecule has 1 aliphatic rings. The van der Waals surface area contributed by atoms with Gasteiger partial charge in [0.15, 0.2) is 0 Å². The summed E-state index contributed by atoms with van der Waals surface area (Å²) in [7, 11) is -1.69. The zero-order valence-corrected chi connectivity index (χ0v) is 14.1. The van der Waals surface area contributed by atoms with Crippen LogP contribution < -0.4 is 5.32 Å². The van der Waals surface area contributed by atoms with Gasteiger partial charge in [0.25, 0.3) is 0 Å². The third-order valence-electron chi connectivity index (χ3n) is 3.25. The van der Waals surface area contributed by atoms with E-state index in [0.717, 1.165) is 13.0 Å². The molecule has 1 aromatic rings. The van der Waals surface area contributed by atoms with Gasteiger partial charge in [0.05, 0.1) is 5.02 Å². The van der Waals surface area contributed by atoms with E-state index >= 15 is 0 Å². The van der Waals surface area contributed by atoms with Crippen LogP contribution in [-0.4, -0.2) is 39.4 Å². The Morgan fingerprint density at radius 2 is 2.10 bits per heavy atom. The van der Waals surface area contributed by atoms with Gasteiger partial charge in [-0.3, -0.25) is 0 Å². The monoisotopic (exact) mass is 358 g/mol. The Kier molecular flexibility index (Phi) is 6.57. The fourth-order valence-electron chi connectivity index (χ4n) is 2.28. The van der Waals surface area contributed by atoms with Crippen molar-refractivity contribution in [1.29, 1.82) is 0 Å². The summed E-state index contributed by atoms with van der Waals surface area (Å²) in [6, 6.07) is 4.50. The van der Waals surface area contributed by atoms with Crippen LogP contribution in [0.1, 0.15) is 6.42 Å². The maximum Gasteiger partial charge on any atom is 0.244 e. The summed E-state index contributed by atoms with van der Waals surface area (Å²) in [5.41, 5.74) is 0. The van der Waals surface area contributed by atoms with Crippen LogP contribution >= 0.6 is 35.6 Å². The summed E-state index contributed by atoms with van der Waals surface area (Å²) in [6.07, 6.45) is 0.859. The lowest BCUT2D eigenvalue weighted by atomic mass is 10.1. The summed E-state index contributed by atoms with van der Waals surface area (Å²) in [4.78, 5) is 0.0896. The largest absolute Gasteiger partial charge is 0.319 e. The number of sulfonamides is 1. The maximum absolute atomic E-state index is 12.5. The Morgan fingerprint density at radius 1 is 1.40 bits per heavy atom. The van der Waals surface area contributed by atoms with Crippen LogP contribution in [-0.2, 0) is 10.0 Å². The molecule has 0 bridgehead atoms. The van der Waals surface area contributed by atoms with Gasteiger partial charge in [0, 0.05) is 18.1 Å². The quantitative estimate of drug-likeness (QED) is 0.899. The van der Waals surface area contributed by atoms with Gasteiger partial charge < -0.3 is 5.32 Å². The number of nitrogens with one attached hydrogen (secondary N) is 1. The molecular weight excluding hydrogens is 343 g/mol. The van der Waals surface area contributed by atoms with E-state index in [9.17, 15) is 8.42 Å². The van der Waals surface area contributed by atoms with E-state index in [2.05, 4.69) is 5.32 Å². The predicted molar refractivity (Wildman–Crippen MR) is 84.5 cm³/mol. The third-order valence-corrected chi connectivity index (χ3v) is 5.83. The zero-order chi connectivity index (χ0) is 14.0. The highest BCUT2D eigenvalue weighted by atomic mass is 35.5. The number of nitrogens with zero attached hydrogens (tertiary/aromatic N) is 1. The first-order valence-electron chi connectivity index (χ1n) is 6.05. The van der Waals surface area contributed by atoms with E-state index in [1.165, 1.54) is 16.4 Å². The third kappa shape index (κ3) is 3.78. The molecule has 1 unspecified atom stereocenters. The van der Waals surface area contributed by atoms with Gasteiger partial charge in [-0.1, -0.05) is 23.2 Å². The first-order chi connectivity index (χ1) is 8.95. The van der Waals surface area contributed by atoms with Gasteiger partial charge in [0.2, 0.25) is 10.0 Å². The number of rotatable bonds is 4. The Morgan fingerprint density at radius 3 is 2.75 bits per heavy atom. The Bertz CT molecular complexity index is 566. The van der Waals surface area contributed by atoms with Gasteiger partial charge in [-0.15, -0.1) is 12.4 Å². The summed E-state index contributed by atoms with van der Waals surface area (Å²) in [6.45, 7) is 1.86. The molecule has 20 heavy (non-hydrogen) atoms. The van der Waals surface area contributed by atoms with Crippen molar-refractivity contribution >= 4 is 45.6 Å². The van der Waals surface area contributed by atoms with E-state index in [4.69, 9.17) is 23.2 Å². The minimum Gasteiger partial charge on any atom is -0.319 e. The van der Waals surface area contributed by atoms with Crippen molar-refractivity contribution in [2.45, 2.75) is 11.3 Å². The zero-order valence-electron chi connectivity index (χ0n) is 11.0. The molecule has 1 atom stereocenters. The molecule has 1 N–H and O–H groups in total. The van der Waals surface area contributed by atoms with Crippen LogP contribution in [0, 0.1) is 5.92 Å². The minimum atomic E-state index is -3.55. The van der Waals surface area contributed by atoms with Gasteiger partial charge in [-0.2, -0.15) is 4.31 Å². The highest BCUT2D eigenvalue weighted by Crippen LogP contribution is 2.30. The molecular formula is C12H17Cl3N2O2S. The van der Waals surface area contributed by atoms with Crippen molar-refractivity contribution in [2.24, 2.45) is 5.92 Å². The lowest BCUT2D eigenvalue weighted by Gasteiger charge is -2.17. The maximum atomic E-state index is 12.5. The van der Waals surface area contributed by atoms with Crippen molar-refractivity contribution in [1.82, 2.24) is 9.62 Å². The molecule has 0 aromatic heterocycles. The van der Waals surface area contributed by atoms with E-state index < -0.39 is 10.0 Å².